The molecular weight excluding hydrogens is 272 g/mol. The molecule has 0 spiro atoms. The SMILES string of the molecule is O=c1nc2n(c3cc4ccccc4cc13)Cc1ccccc1-2. The highest BCUT2D eigenvalue weighted by atomic mass is 16.1. The van der Waals surface area contributed by atoms with E-state index in [1.807, 2.05) is 42.5 Å². The predicted molar refractivity (Wildman–Crippen MR) is 88.0 cm³/mol. The summed E-state index contributed by atoms with van der Waals surface area (Å²) >= 11 is 0. The molecule has 4 aromatic rings. The van der Waals surface area contributed by atoms with Crippen LogP contribution >= 0.6 is 0 Å². The standard InChI is InChI=1S/C19H12N2O/c22-19-16-9-12-5-1-2-6-13(12)10-17(16)21-11-14-7-3-4-8-15(14)18(21)20-19/h1-10H,11H2. The summed E-state index contributed by atoms with van der Waals surface area (Å²) in [5, 5.41) is 2.91. The van der Waals surface area contributed by atoms with Gasteiger partial charge in [0.1, 0.15) is 5.82 Å². The molecule has 0 N–H and O–H groups in total. The molecule has 0 bridgehead atoms. The lowest BCUT2D eigenvalue weighted by molar-refractivity contribution is 0.854. The van der Waals surface area contributed by atoms with Crippen molar-refractivity contribution in [2.75, 3.05) is 0 Å². The first-order valence-corrected chi connectivity index (χ1v) is 7.33. The van der Waals surface area contributed by atoms with Crippen LogP contribution < -0.4 is 5.56 Å². The van der Waals surface area contributed by atoms with Gasteiger partial charge in [0.15, 0.2) is 0 Å². The van der Waals surface area contributed by atoms with Crippen LogP contribution in [0.3, 0.4) is 0 Å². The summed E-state index contributed by atoms with van der Waals surface area (Å²) in [5.74, 6) is 0.781. The first kappa shape index (κ1) is 11.7. The molecule has 0 radical (unpaired) electrons. The number of hydrogen-bond donors (Lipinski definition) is 0. The number of hydrogen-bond acceptors (Lipinski definition) is 2. The molecular formula is C19H12N2O. The summed E-state index contributed by atoms with van der Waals surface area (Å²) in [6.45, 7) is 0.771. The molecule has 3 heteroatoms. The maximum atomic E-state index is 12.5. The van der Waals surface area contributed by atoms with Crippen molar-refractivity contribution in [2.24, 2.45) is 0 Å². The van der Waals surface area contributed by atoms with Crippen molar-refractivity contribution in [3.63, 3.8) is 0 Å². The topological polar surface area (TPSA) is 34.9 Å². The molecule has 3 nitrogen and oxygen atoms in total. The fourth-order valence-corrected chi connectivity index (χ4v) is 3.37. The molecule has 3 aromatic carbocycles. The van der Waals surface area contributed by atoms with Crippen LogP contribution in [0.25, 0.3) is 33.1 Å². The van der Waals surface area contributed by atoms with Gasteiger partial charge >= 0.3 is 0 Å². The smallest absolute Gasteiger partial charge is 0.281 e. The summed E-state index contributed by atoms with van der Waals surface area (Å²) in [6.07, 6.45) is 0. The van der Waals surface area contributed by atoms with E-state index in [2.05, 4.69) is 27.8 Å². The lowest BCUT2D eigenvalue weighted by Gasteiger charge is -2.09. The minimum absolute atomic E-state index is 0.149. The minimum atomic E-state index is -0.149. The van der Waals surface area contributed by atoms with Gasteiger partial charge in [0, 0.05) is 5.56 Å². The maximum absolute atomic E-state index is 12.5. The van der Waals surface area contributed by atoms with E-state index in [0.717, 1.165) is 34.2 Å². The van der Waals surface area contributed by atoms with Crippen molar-refractivity contribution in [3.05, 3.63) is 76.6 Å². The van der Waals surface area contributed by atoms with Gasteiger partial charge in [0.2, 0.25) is 0 Å². The van der Waals surface area contributed by atoms with Gasteiger partial charge < -0.3 is 4.57 Å². The lowest BCUT2D eigenvalue weighted by Crippen LogP contribution is -2.13. The highest BCUT2D eigenvalue weighted by Gasteiger charge is 2.21. The normalized spacial score (nSPS) is 12.5. The molecule has 0 saturated carbocycles. The molecule has 22 heavy (non-hydrogen) atoms. The van der Waals surface area contributed by atoms with Crippen LogP contribution in [0.2, 0.25) is 0 Å². The second-order valence-corrected chi connectivity index (χ2v) is 5.70. The number of rotatable bonds is 0. The van der Waals surface area contributed by atoms with E-state index < -0.39 is 0 Å². The summed E-state index contributed by atoms with van der Waals surface area (Å²) in [5.41, 5.74) is 3.10. The zero-order valence-corrected chi connectivity index (χ0v) is 11.8. The number of fused-ring (bicyclic) bond motifs is 6. The molecule has 0 atom stereocenters. The summed E-state index contributed by atoms with van der Waals surface area (Å²) in [6, 6.07) is 20.3. The molecule has 2 heterocycles. The Bertz CT molecular complexity index is 1130. The van der Waals surface area contributed by atoms with E-state index in [0.29, 0.717) is 5.39 Å². The summed E-state index contributed by atoms with van der Waals surface area (Å²) in [4.78, 5) is 16.8. The Balaban J connectivity index is 1.96. The molecule has 1 aliphatic heterocycles. The van der Waals surface area contributed by atoms with E-state index in [1.54, 1.807) is 0 Å². The summed E-state index contributed by atoms with van der Waals surface area (Å²) in [7, 11) is 0. The Hall–Kier alpha value is -2.94. The van der Waals surface area contributed by atoms with Crippen LogP contribution in [0, 0.1) is 0 Å². The van der Waals surface area contributed by atoms with Crippen molar-refractivity contribution in [1.29, 1.82) is 0 Å². The molecule has 0 unspecified atom stereocenters. The van der Waals surface area contributed by atoms with Gasteiger partial charge in [-0.2, -0.15) is 4.98 Å². The molecule has 0 amide bonds. The highest BCUT2D eigenvalue weighted by Crippen LogP contribution is 2.32. The third-order valence-corrected chi connectivity index (χ3v) is 4.44. The van der Waals surface area contributed by atoms with E-state index in [-0.39, 0.29) is 5.56 Å². The lowest BCUT2D eigenvalue weighted by atomic mass is 10.1. The fraction of sp³-hybridized carbons (Fsp3) is 0.0526. The quantitative estimate of drug-likeness (QED) is 0.407. The van der Waals surface area contributed by atoms with E-state index in [9.17, 15) is 4.79 Å². The number of aromatic nitrogens is 2. The first-order valence-electron chi connectivity index (χ1n) is 7.33. The van der Waals surface area contributed by atoms with Crippen LogP contribution in [-0.4, -0.2) is 9.55 Å². The molecule has 1 aliphatic rings. The fourth-order valence-electron chi connectivity index (χ4n) is 3.37. The average Bonchev–Trinajstić information content (AvgIpc) is 2.93. The van der Waals surface area contributed by atoms with Gasteiger partial charge in [-0.05, 0) is 28.5 Å². The van der Waals surface area contributed by atoms with Crippen LogP contribution in [0.15, 0.2) is 65.5 Å². The third-order valence-electron chi connectivity index (χ3n) is 4.44. The maximum Gasteiger partial charge on any atom is 0.281 e. The highest BCUT2D eigenvalue weighted by molar-refractivity contribution is 5.97. The Morgan fingerprint density at radius 3 is 2.50 bits per heavy atom. The summed E-state index contributed by atoms with van der Waals surface area (Å²) < 4.78 is 2.15. The van der Waals surface area contributed by atoms with Gasteiger partial charge in [0.05, 0.1) is 17.4 Å². The molecule has 0 aliphatic carbocycles. The molecule has 0 saturated heterocycles. The second-order valence-electron chi connectivity index (χ2n) is 5.70. The van der Waals surface area contributed by atoms with Crippen molar-refractivity contribution in [1.82, 2.24) is 9.55 Å². The number of nitrogens with zero attached hydrogens (tertiary/aromatic N) is 2. The van der Waals surface area contributed by atoms with Crippen molar-refractivity contribution in [3.8, 4) is 11.4 Å². The molecule has 0 fully saturated rings. The Kier molecular flexibility index (Phi) is 2.15. The Labute approximate surface area is 126 Å². The van der Waals surface area contributed by atoms with E-state index in [1.165, 1.54) is 5.56 Å². The van der Waals surface area contributed by atoms with Crippen LogP contribution in [0.4, 0.5) is 0 Å². The minimum Gasteiger partial charge on any atom is -0.320 e. The molecule has 104 valence electrons. The van der Waals surface area contributed by atoms with Crippen molar-refractivity contribution in [2.45, 2.75) is 6.54 Å². The average molecular weight is 284 g/mol. The first-order chi connectivity index (χ1) is 10.8. The second kappa shape index (κ2) is 4.04. The predicted octanol–water partition coefficient (Wildman–Crippen LogP) is 3.58. The van der Waals surface area contributed by atoms with Crippen LogP contribution in [-0.2, 0) is 6.54 Å². The van der Waals surface area contributed by atoms with Gasteiger partial charge in [-0.25, -0.2) is 0 Å². The van der Waals surface area contributed by atoms with E-state index >= 15 is 0 Å². The number of benzene rings is 3. The van der Waals surface area contributed by atoms with Crippen molar-refractivity contribution < 1.29 is 0 Å². The molecule has 1 aromatic heterocycles. The monoisotopic (exact) mass is 284 g/mol. The zero-order valence-electron chi connectivity index (χ0n) is 11.8. The Morgan fingerprint density at radius 2 is 1.64 bits per heavy atom. The van der Waals surface area contributed by atoms with Gasteiger partial charge in [-0.1, -0.05) is 48.5 Å². The third kappa shape index (κ3) is 1.45. The molecule has 5 rings (SSSR count). The Morgan fingerprint density at radius 1 is 0.909 bits per heavy atom. The van der Waals surface area contributed by atoms with E-state index in [4.69, 9.17) is 0 Å². The van der Waals surface area contributed by atoms with Crippen LogP contribution in [0.1, 0.15) is 5.56 Å². The van der Waals surface area contributed by atoms with Crippen molar-refractivity contribution >= 4 is 21.7 Å². The largest absolute Gasteiger partial charge is 0.320 e. The zero-order chi connectivity index (χ0) is 14.7. The van der Waals surface area contributed by atoms with Gasteiger partial charge in [-0.15, -0.1) is 0 Å². The van der Waals surface area contributed by atoms with Crippen LogP contribution in [0.5, 0.6) is 0 Å². The van der Waals surface area contributed by atoms with Gasteiger partial charge in [0.25, 0.3) is 5.56 Å². The van der Waals surface area contributed by atoms with Gasteiger partial charge in [-0.3, -0.25) is 4.79 Å².